The lowest BCUT2D eigenvalue weighted by Gasteiger charge is -2.08. The number of nitrogens with zero attached hydrogens (tertiary/aromatic N) is 1. The van der Waals surface area contributed by atoms with E-state index in [0.717, 1.165) is 10.6 Å². The van der Waals surface area contributed by atoms with Crippen LogP contribution >= 0.6 is 11.8 Å². The highest BCUT2D eigenvalue weighted by Crippen LogP contribution is 2.18. The Labute approximate surface area is 81.6 Å². The van der Waals surface area contributed by atoms with E-state index in [4.69, 9.17) is 0 Å². The van der Waals surface area contributed by atoms with Crippen LogP contribution < -0.4 is 5.32 Å². The van der Waals surface area contributed by atoms with E-state index in [-0.39, 0.29) is 6.61 Å². The third kappa shape index (κ3) is 5.35. The summed E-state index contributed by atoms with van der Waals surface area (Å²) in [6.07, 6.45) is 2.50. The van der Waals surface area contributed by atoms with Gasteiger partial charge >= 0.3 is 0 Å². The van der Waals surface area contributed by atoms with Crippen LogP contribution in [0.3, 0.4) is 0 Å². The Bertz CT molecular complexity index is 206. The van der Waals surface area contributed by atoms with Gasteiger partial charge in [0.2, 0.25) is 0 Å². The molecule has 0 saturated carbocycles. The minimum absolute atomic E-state index is 0.113. The van der Waals surface area contributed by atoms with E-state index in [9.17, 15) is 10.1 Å². The minimum Gasteiger partial charge on any atom is -0.391 e. The van der Waals surface area contributed by atoms with Crippen molar-refractivity contribution < 1.29 is 9.92 Å². The van der Waals surface area contributed by atoms with Gasteiger partial charge in [-0.2, -0.15) is 0 Å². The van der Waals surface area contributed by atoms with Gasteiger partial charge in [-0.3, -0.25) is 0 Å². The Morgan fingerprint density at radius 3 is 2.69 bits per heavy atom. The first-order valence-corrected chi connectivity index (χ1v) is 5.03. The van der Waals surface area contributed by atoms with Crippen LogP contribution in [0.2, 0.25) is 0 Å². The Kier molecular flexibility index (Phi) is 6.13. The van der Waals surface area contributed by atoms with Crippen LogP contribution in [0, 0.1) is 10.1 Å². The summed E-state index contributed by atoms with van der Waals surface area (Å²) >= 11 is 1.57. The van der Waals surface area contributed by atoms with E-state index < -0.39 is 5.09 Å². The predicted molar refractivity (Wildman–Crippen MR) is 52.8 cm³/mol. The van der Waals surface area contributed by atoms with Crippen LogP contribution in [0.5, 0.6) is 0 Å². The molecule has 5 nitrogen and oxygen atoms in total. The quantitative estimate of drug-likeness (QED) is 0.525. The first-order valence-electron chi connectivity index (χ1n) is 3.80. The second-order valence-corrected chi connectivity index (χ2v) is 3.21. The Hall–Kier alpha value is -0.910. The van der Waals surface area contributed by atoms with Crippen molar-refractivity contribution in [2.75, 3.05) is 19.9 Å². The summed E-state index contributed by atoms with van der Waals surface area (Å²) in [6.45, 7) is 2.04. The average molecular weight is 206 g/mol. The van der Waals surface area contributed by atoms with Crippen molar-refractivity contribution in [3.8, 4) is 0 Å². The SMILES string of the molecule is CN/C(C)=C(/CCO[N+](=O)[O-])SC. The summed E-state index contributed by atoms with van der Waals surface area (Å²) in [5, 5.41) is 12.1. The van der Waals surface area contributed by atoms with Crippen molar-refractivity contribution in [3.63, 3.8) is 0 Å². The molecule has 0 atom stereocenters. The second kappa shape index (κ2) is 6.59. The molecule has 13 heavy (non-hydrogen) atoms. The molecule has 0 amide bonds. The fourth-order valence-corrected chi connectivity index (χ4v) is 1.49. The number of rotatable bonds is 6. The molecule has 1 N–H and O–H groups in total. The van der Waals surface area contributed by atoms with Gasteiger partial charge in [0, 0.05) is 24.1 Å². The van der Waals surface area contributed by atoms with E-state index >= 15 is 0 Å². The number of nitrogens with one attached hydrogen (secondary N) is 1. The molecule has 0 aliphatic rings. The zero-order valence-electron chi connectivity index (χ0n) is 7.99. The normalized spacial score (nSPS) is 11.9. The summed E-state index contributed by atoms with van der Waals surface area (Å²) in [7, 11) is 1.82. The Balaban J connectivity index is 3.93. The molecule has 0 heterocycles. The maximum absolute atomic E-state index is 9.85. The summed E-state index contributed by atoms with van der Waals surface area (Å²) < 4.78 is 0. The van der Waals surface area contributed by atoms with Gasteiger partial charge in [-0.1, -0.05) is 0 Å². The van der Waals surface area contributed by atoms with Crippen LogP contribution in [0.4, 0.5) is 0 Å². The van der Waals surface area contributed by atoms with Gasteiger partial charge in [-0.25, -0.2) is 0 Å². The molecule has 0 saturated heterocycles. The van der Waals surface area contributed by atoms with Gasteiger partial charge < -0.3 is 10.2 Å². The lowest BCUT2D eigenvalue weighted by atomic mass is 10.3. The van der Waals surface area contributed by atoms with Crippen molar-refractivity contribution in [3.05, 3.63) is 20.7 Å². The third-order valence-corrected chi connectivity index (χ3v) is 2.57. The van der Waals surface area contributed by atoms with Crippen LogP contribution in [0.15, 0.2) is 10.6 Å². The standard InChI is InChI=1S/C7H14N2O3S/c1-6(8-2)7(13-3)4-5-12-9(10)11/h8H,4-5H2,1-3H3/b7-6-. The smallest absolute Gasteiger partial charge is 0.294 e. The van der Waals surface area contributed by atoms with Crippen molar-refractivity contribution in [1.29, 1.82) is 0 Å². The molecule has 0 aromatic carbocycles. The molecule has 0 spiro atoms. The molecule has 0 aromatic heterocycles. The number of thioether (sulfide) groups is 1. The van der Waals surface area contributed by atoms with Crippen LogP contribution in [-0.2, 0) is 4.84 Å². The van der Waals surface area contributed by atoms with Gasteiger partial charge in [0.25, 0.3) is 5.09 Å². The maximum Gasteiger partial charge on any atom is 0.294 e. The Morgan fingerprint density at radius 1 is 1.69 bits per heavy atom. The van der Waals surface area contributed by atoms with E-state index in [1.54, 1.807) is 11.8 Å². The molecule has 0 rings (SSSR count). The second-order valence-electron chi connectivity index (χ2n) is 2.31. The summed E-state index contributed by atoms with van der Waals surface area (Å²) in [6, 6.07) is 0. The molecule has 0 radical (unpaired) electrons. The van der Waals surface area contributed by atoms with Crippen molar-refractivity contribution in [2.45, 2.75) is 13.3 Å². The minimum atomic E-state index is -0.771. The van der Waals surface area contributed by atoms with E-state index in [0.29, 0.717) is 6.42 Å². The zero-order valence-corrected chi connectivity index (χ0v) is 8.81. The first-order chi connectivity index (χ1) is 6.11. The predicted octanol–water partition coefficient (Wildman–Crippen LogP) is 1.40. The highest BCUT2D eigenvalue weighted by atomic mass is 32.2. The maximum atomic E-state index is 9.85. The zero-order chi connectivity index (χ0) is 10.3. The first kappa shape index (κ1) is 12.1. The van der Waals surface area contributed by atoms with E-state index in [2.05, 4.69) is 10.2 Å². The lowest BCUT2D eigenvalue weighted by Crippen LogP contribution is -2.07. The summed E-state index contributed by atoms with van der Waals surface area (Å²) in [5.74, 6) is 0. The third-order valence-electron chi connectivity index (χ3n) is 1.57. The highest BCUT2D eigenvalue weighted by Gasteiger charge is 2.01. The molecular formula is C7H14N2O3S. The van der Waals surface area contributed by atoms with Gasteiger partial charge in [-0.15, -0.1) is 21.9 Å². The van der Waals surface area contributed by atoms with E-state index in [1.807, 2.05) is 20.2 Å². The topological polar surface area (TPSA) is 64.4 Å². The molecule has 0 aliphatic carbocycles. The largest absolute Gasteiger partial charge is 0.391 e. The molecular weight excluding hydrogens is 192 g/mol. The van der Waals surface area contributed by atoms with Crippen LogP contribution in [-0.4, -0.2) is 25.0 Å². The summed E-state index contributed by atoms with van der Waals surface area (Å²) in [5.41, 5.74) is 1.03. The van der Waals surface area contributed by atoms with Crippen LogP contribution in [0.25, 0.3) is 0 Å². The van der Waals surface area contributed by atoms with Gasteiger partial charge in [0.05, 0.1) is 0 Å². The van der Waals surface area contributed by atoms with Crippen molar-refractivity contribution in [1.82, 2.24) is 5.32 Å². The monoisotopic (exact) mass is 206 g/mol. The average Bonchev–Trinajstić information content (AvgIpc) is 2.11. The number of hydrogen-bond acceptors (Lipinski definition) is 5. The Morgan fingerprint density at radius 2 is 2.31 bits per heavy atom. The molecule has 0 fully saturated rings. The fraction of sp³-hybridized carbons (Fsp3) is 0.714. The van der Waals surface area contributed by atoms with Crippen molar-refractivity contribution >= 4 is 11.8 Å². The summed E-state index contributed by atoms with van der Waals surface area (Å²) in [4.78, 5) is 15.1. The molecule has 76 valence electrons. The molecule has 0 bridgehead atoms. The number of allylic oxidation sites excluding steroid dienone is 1. The number of hydrogen-bond donors (Lipinski definition) is 1. The van der Waals surface area contributed by atoms with Gasteiger partial charge in [-0.05, 0) is 13.2 Å². The molecule has 0 aromatic rings. The van der Waals surface area contributed by atoms with Crippen LogP contribution in [0.1, 0.15) is 13.3 Å². The molecule has 0 aliphatic heterocycles. The van der Waals surface area contributed by atoms with Gasteiger partial charge in [0.1, 0.15) is 6.61 Å². The highest BCUT2D eigenvalue weighted by molar-refractivity contribution is 8.02. The van der Waals surface area contributed by atoms with Crippen molar-refractivity contribution in [2.24, 2.45) is 0 Å². The lowest BCUT2D eigenvalue weighted by molar-refractivity contribution is -0.757. The molecule has 6 heteroatoms. The fourth-order valence-electron chi connectivity index (χ4n) is 0.795. The van der Waals surface area contributed by atoms with E-state index in [1.165, 1.54) is 0 Å². The molecule has 0 unspecified atom stereocenters. The van der Waals surface area contributed by atoms with Gasteiger partial charge in [0.15, 0.2) is 0 Å².